The van der Waals surface area contributed by atoms with Gasteiger partial charge in [0.15, 0.2) is 6.61 Å². The lowest BCUT2D eigenvalue weighted by molar-refractivity contribution is -0.123. The molecule has 2 amide bonds. The van der Waals surface area contributed by atoms with Crippen molar-refractivity contribution in [3.05, 3.63) is 109 Å². The van der Waals surface area contributed by atoms with Gasteiger partial charge in [0.1, 0.15) is 18.1 Å². The number of anilines is 1. The second kappa shape index (κ2) is 10.7. The molecule has 0 aliphatic carbocycles. The number of ether oxygens (including phenoxy) is 1. The van der Waals surface area contributed by atoms with Crippen LogP contribution in [0.25, 0.3) is 21.7 Å². The van der Waals surface area contributed by atoms with Crippen LogP contribution in [0.1, 0.15) is 5.56 Å². The van der Waals surface area contributed by atoms with Crippen molar-refractivity contribution < 1.29 is 18.7 Å². The third-order valence-corrected chi connectivity index (χ3v) is 5.76. The number of rotatable bonds is 8. The van der Waals surface area contributed by atoms with Crippen molar-refractivity contribution in [2.24, 2.45) is 5.10 Å². The first kappa shape index (κ1) is 23.7. The van der Waals surface area contributed by atoms with Crippen LogP contribution in [0, 0.1) is 5.82 Å². The Kier molecular flexibility index (Phi) is 6.89. The number of fused-ring (bicyclic) bond motifs is 2. The lowest BCUT2D eigenvalue weighted by Gasteiger charge is -2.08. The van der Waals surface area contributed by atoms with E-state index >= 15 is 0 Å². The Bertz CT molecular complexity index is 1600. The Labute approximate surface area is 212 Å². The summed E-state index contributed by atoms with van der Waals surface area (Å²) in [4.78, 5) is 24.9. The molecule has 1 aromatic heterocycles. The monoisotopic (exact) mass is 494 g/mol. The molecule has 2 N–H and O–H groups in total. The molecule has 184 valence electrons. The number of para-hydroxylation sites is 1. The highest BCUT2D eigenvalue weighted by Crippen LogP contribution is 2.25. The molecular formula is C29H23FN4O3. The zero-order chi connectivity index (χ0) is 25.6. The summed E-state index contributed by atoms with van der Waals surface area (Å²) in [6.07, 6.45) is 3.32. The largest absolute Gasteiger partial charge is 0.483 e. The van der Waals surface area contributed by atoms with E-state index in [2.05, 4.69) is 15.8 Å². The van der Waals surface area contributed by atoms with Gasteiger partial charge < -0.3 is 14.6 Å². The number of aromatic nitrogens is 1. The van der Waals surface area contributed by atoms with Crippen LogP contribution in [0.5, 0.6) is 5.75 Å². The number of carbonyl (C=O) groups is 2. The number of carbonyl (C=O) groups excluding carboxylic acids is 2. The van der Waals surface area contributed by atoms with Gasteiger partial charge in [-0.2, -0.15) is 5.10 Å². The minimum atomic E-state index is -0.397. The molecule has 37 heavy (non-hydrogen) atoms. The van der Waals surface area contributed by atoms with Crippen LogP contribution in [0.3, 0.4) is 0 Å². The summed E-state index contributed by atoms with van der Waals surface area (Å²) < 4.78 is 20.6. The van der Waals surface area contributed by atoms with E-state index in [4.69, 9.17) is 4.74 Å². The van der Waals surface area contributed by atoms with Crippen molar-refractivity contribution in [1.29, 1.82) is 0 Å². The van der Waals surface area contributed by atoms with Gasteiger partial charge in [-0.25, -0.2) is 9.82 Å². The van der Waals surface area contributed by atoms with Gasteiger partial charge >= 0.3 is 0 Å². The molecule has 7 nitrogen and oxygen atoms in total. The molecule has 0 aliphatic heterocycles. The van der Waals surface area contributed by atoms with E-state index in [1.54, 1.807) is 10.8 Å². The minimum Gasteiger partial charge on any atom is -0.483 e. The van der Waals surface area contributed by atoms with E-state index in [0.29, 0.717) is 11.4 Å². The summed E-state index contributed by atoms with van der Waals surface area (Å²) in [5.41, 5.74) is 4.57. The van der Waals surface area contributed by atoms with E-state index in [0.717, 1.165) is 27.2 Å². The standard InChI is InChI=1S/C29H23FN4O3/c30-22-12-14-23(15-13-22)32-28(35)18-34-17-21(24-8-3-4-10-26(24)34)16-31-33-29(36)19-37-27-11-5-7-20-6-1-2-9-25(20)27/h1-17H,18-19H2,(H,32,35)(H,33,36)/b31-16+. The fourth-order valence-corrected chi connectivity index (χ4v) is 4.07. The van der Waals surface area contributed by atoms with Crippen molar-refractivity contribution >= 4 is 45.4 Å². The summed E-state index contributed by atoms with van der Waals surface area (Å²) in [6.45, 7) is -0.131. The van der Waals surface area contributed by atoms with E-state index in [9.17, 15) is 14.0 Å². The molecular weight excluding hydrogens is 471 g/mol. The van der Waals surface area contributed by atoms with Crippen LogP contribution in [-0.2, 0) is 16.1 Å². The van der Waals surface area contributed by atoms with Crippen molar-refractivity contribution in [2.45, 2.75) is 6.54 Å². The van der Waals surface area contributed by atoms with E-state index < -0.39 is 5.91 Å². The molecule has 1 heterocycles. The number of nitrogens with zero attached hydrogens (tertiary/aromatic N) is 2. The Hall–Kier alpha value is -4.98. The van der Waals surface area contributed by atoms with Gasteiger partial charge in [0, 0.05) is 33.7 Å². The lowest BCUT2D eigenvalue weighted by atomic mass is 10.1. The summed E-state index contributed by atoms with van der Waals surface area (Å²) >= 11 is 0. The molecule has 8 heteroatoms. The molecule has 0 aliphatic rings. The number of hydrogen-bond donors (Lipinski definition) is 2. The summed E-state index contributed by atoms with van der Waals surface area (Å²) in [7, 11) is 0. The molecule has 5 aromatic rings. The maximum Gasteiger partial charge on any atom is 0.277 e. The Morgan fingerprint density at radius 2 is 1.59 bits per heavy atom. The topological polar surface area (TPSA) is 84.7 Å². The maximum atomic E-state index is 13.1. The minimum absolute atomic E-state index is 0.0525. The Balaban J connectivity index is 1.23. The van der Waals surface area contributed by atoms with Crippen LogP contribution >= 0.6 is 0 Å². The van der Waals surface area contributed by atoms with Gasteiger partial charge in [-0.1, -0.05) is 54.6 Å². The first-order chi connectivity index (χ1) is 18.1. The van der Waals surface area contributed by atoms with Crippen molar-refractivity contribution in [3.8, 4) is 5.75 Å². The molecule has 0 bridgehead atoms. The molecule has 0 fully saturated rings. The highest BCUT2D eigenvalue weighted by atomic mass is 19.1. The maximum absolute atomic E-state index is 13.1. The predicted molar refractivity (Wildman–Crippen MR) is 142 cm³/mol. The number of hydrazone groups is 1. The van der Waals surface area contributed by atoms with Gasteiger partial charge in [-0.3, -0.25) is 9.59 Å². The van der Waals surface area contributed by atoms with Crippen LogP contribution in [0.4, 0.5) is 10.1 Å². The zero-order valence-electron chi connectivity index (χ0n) is 19.7. The van der Waals surface area contributed by atoms with Crippen LogP contribution in [0.15, 0.2) is 102 Å². The van der Waals surface area contributed by atoms with Crippen LogP contribution in [-0.4, -0.2) is 29.2 Å². The third kappa shape index (κ3) is 5.65. The quantitative estimate of drug-likeness (QED) is 0.233. The molecule has 0 saturated heterocycles. The Morgan fingerprint density at radius 3 is 2.43 bits per heavy atom. The number of nitrogens with one attached hydrogen (secondary N) is 2. The highest BCUT2D eigenvalue weighted by molar-refractivity contribution is 6.01. The lowest BCUT2D eigenvalue weighted by Crippen LogP contribution is -2.24. The Morgan fingerprint density at radius 1 is 0.865 bits per heavy atom. The second-order valence-corrected chi connectivity index (χ2v) is 8.34. The summed E-state index contributed by atoms with van der Waals surface area (Å²) in [5, 5.41) is 9.67. The van der Waals surface area contributed by atoms with Gasteiger partial charge in [-0.05, 0) is 41.8 Å². The zero-order valence-corrected chi connectivity index (χ0v) is 19.7. The predicted octanol–water partition coefficient (Wildman–Crippen LogP) is 5.10. The van der Waals surface area contributed by atoms with Gasteiger partial charge in [-0.15, -0.1) is 0 Å². The third-order valence-electron chi connectivity index (χ3n) is 5.76. The smallest absolute Gasteiger partial charge is 0.277 e. The van der Waals surface area contributed by atoms with Crippen LogP contribution in [0.2, 0.25) is 0 Å². The first-order valence-corrected chi connectivity index (χ1v) is 11.6. The summed E-state index contributed by atoms with van der Waals surface area (Å²) in [5.74, 6) is -0.397. The molecule has 5 rings (SSSR count). The van der Waals surface area contributed by atoms with E-state index in [1.807, 2.05) is 66.7 Å². The van der Waals surface area contributed by atoms with Crippen molar-refractivity contribution in [1.82, 2.24) is 9.99 Å². The van der Waals surface area contributed by atoms with Crippen molar-refractivity contribution in [2.75, 3.05) is 11.9 Å². The SMILES string of the molecule is O=C(COc1cccc2ccccc12)N/N=C/c1cn(CC(=O)Nc2ccc(F)cc2)c2ccccc12. The second-order valence-electron chi connectivity index (χ2n) is 8.34. The van der Waals surface area contributed by atoms with E-state index in [-0.39, 0.29) is 24.9 Å². The van der Waals surface area contributed by atoms with Gasteiger partial charge in [0.25, 0.3) is 5.91 Å². The summed E-state index contributed by atoms with van der Waals surface area (Å²) in [6, 6.07) is 26.6. The number of hydrogen-bond acceptors (Lipinski definition) is 4. The fourth-order valence-electron chi connectivity index (χ4n) is 4.07. The average Bonchev–Trinajstić information content (AvgIpc) is 3.26. The number of amides is 2. The number of halogens is 1. The van der Waals surface area contributed by atoms with Crippen molar-refractivity contribution in [3.63, 3.8) is 0 Å². The normalized spacial score (nSPS) is 11.2. The van der Waals surface area contributed by atoms with Gasteiger partial charge in [0.2, 0.25) is 5.91 Å². The highest BCUT2D eigenvalue weighted by Gasteiger charge is 2.11. The average molecular weight is 495 g/mol. The molecule has 4 aromatic carbocycles. The molecule has 0 spiro atoms. The number of benzene rings is 4. The first-order valence-electron chi connectivity index (χ1n) is 11.6. The molecule has 0 saturated carbocycles. The fraction of sp³-hybridized carbons (Fsp3) is 0.0690. The van der Waals surface area contributed by atoms with E-state index in [1.165, 1.54) is 30.5 Å². The van der Waals surface area contributed by atoms with Crippen LogP contribution < -0.4 is 15.5 Å². The molecule has 0 unspecified atom stereocenters. The van der Waals surface area contributed by atoms with Gasteiger partial charge in [0.05, 0.1) is 6.21 Å². The molecule has 0 atom stereocenters. The molecule has 0 radical (unpaired) electrons.